The lowest BCUT2D eigenvalue weighted by Crippen LogP contribution is -2.59. The maximum Gasteiger partial charge on any atom is 0.407 e. The van der Waals surface area contributed by atoms with Crippen molar-refractivity contribution in [1.82, 2.24) is 26.2 Å². The van der Waals surface area contributed by atoms with Gasteiger partial charge < -0.3 is 45.3 Å². The molecule has 4 amide bonds. The molecule has 1 aromatic carbocycles. The van der Waals surface area contributed by atoms with E-state index < -0.39 is 66.8 Å². The molecule has 3 aliphatic rings. The largest absolute Gasteiger partial charge is 0.463 e. The third-order valence-electron chi connectivity index (χ3n) is 10.3. The Hall–Kier alpha value is -4.28. The number of hydrogen-bond acceptors (Lipinski definition) is 12. The number of benzene rings is 1. The van der Waals surface area contributed by atoms with Gasteiger partial charge in [0.15, 0.2) is 6.10 Å². The lowest BCUT2D eigenvalue weighted by Gasteiger charge is -2.33. The van der Waals surface area contributed by atoms with E-state index in [4.69, 9.17) is 18.9 Å². The van der Waals surface area contributed by atoms with E-state index in [1.165, 1.54) is 0 Å². The molecule has 4 rings (SSSR count). The Kier molecular flexibility index (Phi) is 18.5. The normalized spacial score (nSPS) is 24.1. The van der Waals surface area contributed by atoms with Gasteiger partial charge in [0, 0.05) is 38.9 Å². The van der Waals surface area contributed by atoms with Crippen molar-refractivity contribution in [1.29, 1.82) is 0 Å². The average molecular weight is 802 g/mol. The van der Waals surface area contributed by atoms with Crippen molar-refractivity contribution in [3.8, 4) is 0 Å². The summed E-state index contributed by atoms with van der Waals surface area (Å²) in [5.74, 6) is -3.06. The molecule has 1 aliphatic carbocycles. The van der Waals surface area contributed by atoms with E-state index in [-0.39, 0.29) is 43.2 Å². The van der Waals surface area contributed by atoms with Crippen LogP contribution >= 0.6 is 0 Å². The number of ether oxygens (including phenoxy) is 4. The number of aliphatic hydroxyl groups excluding tert-OH is 1. The number of alkyl carbamates (subject to hydrolysis) is 1. The molecule has 0 radical (unpaired) electrons. The van der Waals surface area contributed by atoms with Crippen LogP contribution in [-0.2, 0) is 49.3 Å². The van der Waals surface area contributed by atoms with Gasteiger partial charge >= 0.3 is 18.0 Å². The Balaban J connectivity index is 1.48. The van der Waals surface area contributed by atoms with Gasteiger partial charge in [-0.2, -0.15) is 0 Å². The molecule has 16 heteroatoms. The van der Waals surface area contributed by atoms with Crippen LogP contribution in [0.4, 0.5) is 4.79 Å². The molecule has 16 nitrogen and oxygen atoms in total. The predicted octanol–water partition coefficient (Wildman–Crippen LogP) is 2.15. The van der Waals surface area contributed by atoms with Crippen molar-refractivity contribution < 1.29 is 52.8 Å². The maximum atomic E-state index is 14.0. The van der Waals surface area contributed by atoms with Crippen molar-refractivity contribution in [2.45, 2.75) is 122 Å². The van der Waals surface area contributed by atoms with Gasteiger partial charge in [0.2, 0.25) is 17.7 Å². The maximum absolute atomic E-state index is 14.0. The molecule has 318 valence electrons. The minimum absolute atomic E-state index is 0.0265. The highest BCUT2D eigenvalue weighted by Crippen LogP contribution is 2.28. The third-order valence-corrected chi connectivity index (χ3v) is 10.3. The zero-order valence-corrected chi connectivity index (χ0v) is 33.8. The van der Waals surface area contributed by atoms with Crippen LogP contribution < -0.4 is 21.3 Å². The highest BCUT2D eigenvalue weighted by Gasteiger charge is 2.37. The SMILES string of the molecule is CC(C)(C)CC(=O)NCCOC(=O)NC(Cc1ccccc1)C(=O)N[C@H]1COC(=O)CCC[C@H](CN2CCOCC2)OC(=O)[C@H](O)[C@H](CC2CCCCC2)NC1=O. The van der Waals surface area contributed by atoms with Crippen molar-refractivity contribution in [3.63, 3.8) is 0 Å². The second kappa shape index (κ2) is 23.2. The van der Waals surface area contributed by atoms with Gasteiger partial charge in [-0.1, -0.05) is 83.2 Å². The molecule has 0 bridgehead atoms. The van der Waals surface area contributed by atoms with Crippen LogP contribution in [0.25, 0.3) is 0 Å². The van der Waals surface area contributed by atoms with Gasteiger partial charge in [-0.25, -0.2) is 9.59 Å². The van der Waals surface area contributed by atoms with Crippen LogP contribution in [-0.4, -0.2) is 129 Å². The Labute approximate surface area is 335 Å². The Morgan fingerprint density at radius 3 is 2.42 bits per heavy atom. The fourth-order valence-electron chi connectivity index (χ4n) is 7.29. The molecule has 0 aromatic heterocycles. The topological polar surface area (TPSA) is 211 Å². The summed E-state index contributed by atoms with van der Waals surface area (Å²) in [4.78, 5) is 81.7. The predicted molar refractivity (Wildman–Crippen MR) is 209 cm³/mol. The molecule has 2 heterocycles. The monoisotopic (exact) mass is 801 g/mol. The zero-order valence-electron chi connectivity index (χ0n) is 33.8. The van der Waals surface area contributed by atoms with Gasteiger partial charge in [0.25, 0.3) is 0 Å². The summed E-state index contributed by atoms with van der Waals surface area (Å²) < 4.78 is 22.1. The first kappa shape index (κ1) is 45.4. The number of nitrogens with zero attached hydrogens (tertiary/aromatic N) is 1. The van der Waals surface area contributed by atoms with Crippen molar-refractivity contribution in [2.75, 3.05) is 52.6 Å². The summed E-state index contributed by atoms with van der Waals surface area (Å²) in [6.45, 7) is 8.03. The molecule has 57 heavy (non-hydrogen) atoms. The van der Waals surface area contributed by atoms with E-state index in [1.54, 1.807) is 30.3 Å². The number of morpholine rings is 1. The van der Waals surface area contributed by atoms with E-state index in [0.717, 1.165) is 32.1 Å². The summed E-state index contributed by atoms with van der Waals surface area (Å²) in [5.41, 5.74) is 0.492. The average Bonchev–Trinajstić information content (AvgIpc) is 3.17. The van der Waals surface area contributed by atoms with Crippen molar-refractivity contribution in [3.05, 3.63) is 35.9 Å². The summed E-state index contributed by atoms with van der Waals surface area (Å²) in [7, 11) is 0. The lowest BCUT2D eigenvalue weighted by molar-refractivity contribution is -0.163. The second-order valence-electron chi connectivity index (χ2n) is 16.5. The summed E-state index contributed by atoms with van der Waals surface area (Å²) in [6, 6.07) is 5.19. The number of rotatable bonds is 13. The smallest absolute Gasteiger partial charge is 0.407 e. The lowest BCUT2D eigenvalue weighted by atomic mass is 9.83. The highest BCUT2D eigenvalue weighted by atomic mass is 16.6. The number of aliphatic hydroxyl groups is 1. The van der Waals surface area contributed by atoms with Crippen LogP contribution in [0.1, 0.15) is 90.5 Å². The molecule has 2 aliphatic heterocycles. The summed E-state index contributed by atoms with van der Waals surface area (Å²) in [5, 5.41) is 22.1. The minimum Gasteiger partial charge on any atom is -0.463 e. The molecular weight excluding hydrogens is 738 g/mol. The van der Waals surface area contributed by atoms with Crippen LogP contribution in [0.2, 0.25) is 0 Å². The molecule has 2 saturated heterocycles. The van der Waals surface area contributed by atoms with E-state index in [9.17, 15) is 33.9 Å². The van der Waals surface area contributed by atoms with Crippen molar-refractivity contribution >= 4 is 35.8 Å². The standard InChI is InChI=1S/C41H63N5O11/c1-41(2,3)25-34(47)42-17-20-55-40(53)45-32(24-29-13-8-5-9-14-29)37(50)44-33-27-56-35(48)16-10-15-30(26-46-18-21-54-22-19-46)57-39(52)36(49)31(43-38(33)51)23-28-11-6-4-7-12-28/h5,8-9,13-14,28,30-33,36,49H,4,6-7,10-12,15-27H2,1-3H3,(H,42,47)(H,43,51)(H,44,50)(H,45,53)/t30-,31+,32?,33+,36-/m1/s1. The van der Waals surface area contributed by atoms with E-state index in [1.807, 2.05) is 20.8 Å². The number of carbonyl (C=O) groups is 6. The van der Waals surface area contributed by atoms with Gasteiger partial charge in [-0.15, -0.1) is 0 Å². The number of cyclic esters (lactones) is 2. The minimum atomic E-state index is -1.69. The zero-order chi connectivity index (χ0) is 41.2. The number of hydrogen-bond donors (Lipinski definition) is 5. The molecule has 5 atom stereocenters. The van der Waals surface area contributed by atoms with E-state index in [2.05, 4.69) is 26.2 Å². The molecule has 0 spiro atoms. The molecule has 1 saturated carbocycles. The van der Waals surface area contributed by atoms with Gasteiger partial charge in [-0.3, -0.25) is 24.1 Å². The van der Waals surface area contributed by atoms with Gasteiger partial charge in [-0.05, 0) is 36.2 Å². The Morgan fingerprint density at radius 1 is 1.00 bits per heavy atom. The first-order valence-electron chi connectivity index (χ1n) is 20.4. The van der Waals surface area contributed by atoms with Crippen molar-refractivity contribution in [2.24, 2.45) is 11.3 Å². The fourth-order valence-corrected chi connectivity index (χ4v) is 7.29. The quantitative estimate of drug-likeness (QED) is 0.110. The number of esters is 2. The van der Waals surface area contributed by atoms with Crippen LogP contribution in [0.15, 0.2) is 30.3 Å². The van der Waals surface area contributed by atoms with Gasteiger partial charge in [0.1, 0.15) is 31.4 Å². The first-order valence-corrected chi connectivity index (χ1v) is 20.4. The molecular formula is C41H63N5O11. The molecule has 1 unspecified atom stereocenters. The van der Waals surface area contributed by atoms with E-state index in [0.29, 0.717) is 64.1 Å². The Morgan fingerprint density at radius 2 is 1.72 bits per heavy atom. The number of carbonyl (C=O) groups excluding carboxylic acids is 6. The summed E-state index contributed by atoms with van der Waals surface area (Å²) >= 11 is 0. The summed E-state index contributed by atoms with van der Waals surface area (Å²) in [6.07, 6.45) is 2.85. The van der Waals surface area contributed by atoms with Crippen LogP contribution in [0, 0.1) is 11.3 Å². The Bertz CT molecular complexity index is 1460. The highest BCUT2D eigenvalue weighted by molar-refractivity contribution is 5.92. The van der Waals surface area contributed by atoms with Crippen LogP contribution in [0.5, 0.6) is 0 Å². The van der Waals surface area contributed by atoms with E-state index >= 15 is 0 Å². The number of amides is 4. The van der Waals surface area contributed by atoms with Crippen LogP contribution in [0.3, 0.4) is 0 Å². The van der Waals surface area contributed by atoms with Gasteiger partial charge in [0.05, 0.1) is 25.8 Å². The third kappa shape index (κ3) is 17.0. The number of nitrogens with one attached hydrogen (secondary N) is 4. The molecule has 1 aromatic rings. The molecule has 3 fully saturated rings. The molecule has 5 N–H and O–H groups in total. The fraction of sp³-hybridized carbons (Fsp3) is 0.707. The second-order valence-corrected chi connectivity index (χ2v) is 16.5. The first-order chi connectivity index (χ1) is 27.3.